The SMILES string of the molecule is OC/C=C1/CCCCc2ccccc21. The molecule has 74 valence electrons. The Morgan fingerprint density at radius 3 is 2.79 bits per heavy atom. The summed E-state index contributed by atoms with van der Waals surface area (Å²) in [6, 6.07) is 8.55. The number of hydrogen-bond donors (Lipinski definition) is 1. The maximum Gasteiger partial charge on any atom is 0.0618 e. The lowest BCUT2D eigenvalue weighted by molar-refractivity contribution is 0.343. The Morgan fingerprint density at radius 1 is 1.14 bits per heavy atom. The fourth-order valence-corrected chi connectivity index (χ4v) is 2.14. The third-order valence-electron chi connectivity index (χ3n) is 2.84. The van der Waals surface area contributed by atoms with E-state index in [1.807, 2.05) is 6.08 Å². The monoisotopic (exact) mass is 188 g/mol. The van der Waals surface area contributed by atoms with Gasteiger partial charge in [-0.15, -0.1) is 0 Å². The Balaban J connectivity index is 2.42. The van der Waals surface area contributed by atoms with Crippen molar-refractivity contribution in [3.63, 3.8) is 0 Å². The zero-order valence-corrected chi connectivity index (χ0v) is 8.37. The molecule has 0 radical (unpaired) electrons. The molecule has 0 heterocycles. The molecule has 14 heavy (non-hydrogen) atoms. The molecule has 0 fully saturated rings. The van der Waals surface area contributed by atoms with Crippen molar-refractivity contribution in [2.75, 3.05) is 6.61 Å². The van der Waals surface area contributed by atoms with Crippen molar-refractivity contribution in [2.24, 2.45) is 0 Å². The van der Waals surface area contributed by atoms with E-state index >= 15 is 0 Å². The molecule has 0 aromatic heterocycles. The van der Waals surface area contributed by atoms with E-state index < -0.39 is 0 Å². The molecule has 1 N–H and O–H groups in total. The lowest BCUT2D eigenvalue weighted by Crippen LogP contribution is -1.90. The zero-order valence-electron chi connectivity index (χ0n) is 8.37. The summed E-state index contributed by atoms with van der Waals surface area (Å²) < 4.78 is 0. The minimum atomic E-state index is 0.156. The van der Waals surface area contributed by atoms with Crippen molar-refractivity contribution in [1.29, 1.82) is 0 Å². The third-order valence-corrected chi connectivity index (χ3v) is 2.84. The Bertz CT molecular complexity index is 339. The first-order chi connectivity index (χ1) is 6.92. The molecule has 1 aromatic rings. The fourth-order valence-electron chi connectivity index (χ4n) is 2.14. The molecule has 0 aliphatic heterocycles. The van der Waals surface area contributed by atoms with Gasteiger partial charge in [0.15, 0.2) is 0 Å². The van der Waals surface area contributed by atoms with Crippen LogP contribution in [0.5, 0.6) is 0 Å². The van der Waals surface area contributed by atoms with Gasteiger partial charge in [0.25, 0.3) is 0 Å². The van der Waals surface area contributed by atoms with Gasteiger partial charge in [0.2, 0.25) is 0 Å². The van der Waals surface area contributed by atoms with Crippen molar-refractivity contribution in [3.05, 3.63) is 41.5 Å². The van der Waals surface area contributed by atoms with Gasteiger partial charge in [-0.3, -0.25) is 0 Å². The molecule has 0 bridgehead atoms. The van der Waals surface area contributed by atoms with Gasteiger partial charge in [-0.05, 0) is 42.4 Å². The van der Waals surface area contributed by atoms with Crippen LogP contribution in [-0.4, -0.2) is 11.7 Å². The average molecular weight is 188 g/mol. The van der Waals surface area contributed by atoms with Gasteiger partial charge < -0.3 is 5.11 Å². The summed E-state index contributed by atoms with van der Waals surface area (Å²) in [6.45, 7) is 0.156. The number of aryl methyl sites for hydroxylation is 1. The number of aliphatic hydroxyl groups excluding tert-OH is 1. The minimum Gasteiger partial charge on any atom is -0.392 e. The van der Waals surface area contributed by atoms with Crippen molar-refractivity contribution < 1.29 is 5.11 Å². The molecular formula is C13H16O. The average Bonchev–Trinajstić information content (AvgIpc) is 2.42. The van der Waals surface area contributed by atoms with E-state index in [0.29, 0.717) is 0 Å². The maximum absolute atomic E-state index is 8.96. The van der Waals surface area contributed by atoms with E-state index in [1.165, 1.54) is 36.0 Å². The second-order valence-corrected chi connectivity index (χ2v) is 3.78. The highest BCUT2D eigenvalue weighted by Gasteiger charge is 2.10. The highest BCUT2D eigenvalue weighted by Crippen LogP contribution is 2.28. The van der Waals surface area contributed by atoms with E-state index in [2.05, 4.69) is 24.3 Å². The predicted molar refractivity (Wildman–Crippen MR) is 59.1 cm³/mol. The second kappa shape index (κ2) is 4.43. The van der Waals surface area contributed by atoms with E-state index in [9.17, 15) is 0 Å². The van der Waals surface area contributed by atoms with Crippen LogP contribution in [0, 0.1) is 0 Å². The van der Waals surface area contributed by atoms with Gasteiger partial charge in [0, 0.05) is 0 Å². The van der Waals surface area contributed by atoms with E-state index in [-0.39, 0.29) is 6.61 Å². The second-order valence-electron chi connectivity index (χ2n) is 3.78. The van der Waals surface area contributed by atoms with Gasteiger partial charge in [-0.25, -0.2) is 0 Å². The number of benzene rings is 1. The fraction of sp³-hybridized carbons (Fsp3) is 0.385. The molecule has 0 unspecified atom stereocenters. The minimum absolute atomic E-state index is 0.156. The Kier molecular flexibility index (Phi) is 3.00. The topological polar surface area (TPSA) is 20.2 Å². The molecule has 0 spiro atoms. The number of allylic oxidation sites excluding steroid dienone is 1. The lowest BCUT2D eigenvalue weighted by Gasteiger charge is -2.07. The van der Waals surface area contributed by atoms with Crippen LogP contribution in [-0.2, 0) is 6.42 Å². The van der Waals surface area contributed by atoms with Crippen LogP contribution in [0.1, 0.15) is 30.4 Å². The number of hydrogen-bond acceptors (Lipinski definition) is 1. The molecule has 1 nitrogen and oxygen atoms in total. The van der Waals surface area contributed by atoms with Crippen LogP contribution in [0.3, 0.4) is 0 Å². The number of aliphatic hydroxyl groups is 1. The summed E-state index contributed by atoms with van der Waals surface area (Å²) in [5.74, 6) is 0. The normalized spacial score (nSPS) is 19.1. The molecule has 0 amide bonds. The van der Waals surface area contributed by atoms with Gasteiger partial charge in [0.05, 0.1) is 6.61 Å². The Hall–Kier alpha value is -1.08. The first-order valence-corrected chi connectivity index (χ1v) is 5.30. The number of rotatable bonds is 1. The van der Waals surface area contributed by atoms with Gasteiger partial charge in [-0.1, -0.05) is 30.3 Å². The van der Waals surface area contributed by atoms with Crippen molar-refractivity contribution in [2.45, 2.75) is 25.7 Å². The summed E-state index contributed by atoms with van der Waals surface area (Å²) in [4.78, 5) is 0. The highest BCUT2D eigenvalue weighted by molar-refractivity contribution is 5.68. The molecular weight excluding hydrogens is 172 g/mol. The Labute approximate surface area is 85.1 Å². The van der Waals surface area contributed by atoms with Crippen molar-refractivity contribution >= 4 is 5.57 Å². The van der Waals surface area contributed by atoms with Gasteiger partial charge in [0.1, 0.15) is 0 Å². The summed E-state index contributed by atoms with van der Waals surface area (Å²) in [5, 5.41) is 8.96. The first kappa shape index (κ1) is 9.47. The van der Waals surface area contributed by atoms with E-state index in [4.69, 9.17) is 5.11 Å². The van der Waals surface area contributed by atoms with Gasteiger partial charge in [-0.2, -0.15) is 0 Å². The van der Waals surface area contributed by atoms with Gasteiger partial charge >= 0.3 is 0 Å². The standard InChI is InChI=1S/C13H16O/c14-10-9-12-7-2-1-5-11-6-3-4-8-13(11)12/h3-4,6,8-9,14H,1-2,5,7,10H2/b12-9-. The molecule has 2 rings (SSSR count). The summed E-state index contributed by atoms with van der Waals surface area (Å²) in [5.41, 5.74) is 4.10. The van der Waals surface area contributed by atoms with Crippen LogP contribution < -0.4 is 0 Å². The third kappa shape index (κ3) is 1.88. The van der Waals surface area contributed by atoms with Crippen LogP contribution in [0.15, 0.2) is 30.3 Å². The summed E-state index contributed by atoms with van der Waals surface area (Å²) in [7, 11) is 0. The number of fused-ring (bicyclic) bond motifs is 1. The van der Waals surface area contributed by atoms with Crippen LogP contribution in [0.2, 0.25) is 0 Å². The lowest BCUT2D eigenvalue weighted by atomic mass is 9.98. The van der Waals surface area contributed by atoms with E-state index in [1.54, 1.807) is 0 Å². The summed E-state index contributed by atoms with van der Waals surface area (Å²) in [6.07, 6.45) is 6.74. The maximum atomic E-state index is 8.96. The molecule has 0 atom stereocenters. The predicted octanol–water partition coefficient (Wildman–Crippen LogP) is 2.79. The summed E-state index contributed by atoms with van der Waals surface area (Å²) >= 11 is 0. The quantitative estimate of drug-likeness (QED) is 0.672. The molecule has 0 saturated carbocycles. The first-order valence-electron chi connectivity index (χ1n) is 5.30. The van der Waals surface area contributed by atoms with Crippen molar-refractivity contribution in [1.82, 2.24) is 0 Å². The molecule has 1 heteroatoms. The van der Waals surface area contributed by atoms with Crippen LogP contribution in [0.25, 0.3) is 5.57 Å². The molecule has 1 aliphatic carbocycles. The molecule has 1 aliphatic rings. The smallest absolute Gasteiger partial charge is 0.0618 e. The molecule has 1 aromatic carbocycles. The highest BCUT2D eigenvalue weighted by atomic mass is 16.2. The Morgan fingerprint density at radius 2 is 1.93 bits per heavy atom. The van der Waals surface area contributed by atoms with Crippen LogP contribution in [0.4, 0.5) is 0 Å². The van der Waals surface area contributed by atoms with E-state index in [0.717, 1.165) is 6.42 Å². The molecule has 0 saturated heterocycles. The van der Waals surface area contributed by atoms with Crippen molar-refractivity contribution in [3.8, 4) is 0 Å². The largest absolute Gasteiger partial charge is 0.392 e. The van der Waals surface area contributed by atoms with Crippen LogP contribution >= 0.6 is 0 Å². The zero-order chi connectivity index (χ0) is 9.80.